The molecule has 0 amide bonds. The number of benzene rings is 1. The van der Waals surface area contributed by atoms with E-state index in [1.807, 2.05) is 0 Å². The fourth-order valence-corrected chi connectivity index (χ4v) is 2.49. The first kappa shape index (κ1) is 13.0. The molecule has 0 saturated carbocycles. The average Bonchev–Trinajstić information content (AvgIpc) is 2.97. The van der Waals surface area contributed by atoms with E-state index in [1.165, 1.54) is 0 Å². The summed E-state index contributed by atoms with van der Waals surface area (Å²) in [7, 11) is 3.41. The molecule has 0 saturated heterocycles. The molecule has 1 unspecified atom stereocenters. The summed E-state index contributed by atoms with van der Waals surface area (Å²) >= 11 is 5.71. The van der Waals surface area contributed by atoms with Gasteiger partial charge in [0.25, 0.3) is 0 Å². The second-order valence-electron chi connectivity index (χ2n) is 4.69. The standard InChI is InChI=1S/C14H13ClN2O3/c1-16-9-4-3-8(7-10(9)17(2)14(16)19)13(18)11-5-6-12(15)20-11/h3-7,13,18H,1-2H3. The van der Waals surface area contributed by atoms with E-state index in [0.717, 1.165) is 11.0 Å². The molecule has 3 aromatic rings. The molecule has 0 aliphatic carbocycles. The summed E-state index contributed by atoms with van der Waals surface area (Å²) < 4.78 is 8.32. The van der Waals surface area contributed by atoms with Crippen molar-refractivity contribution in [1.29, 1.82) is 0 Å². The Kier molecular flexibility index (Phi) is 2.96. The summed E-state index contributed by atoms with van der Waals surface area (Å²) in [6, 6.07) is 8.55. The zero-order chi connectivity index (χ0) is 14.4. The Labute approximate surface area is 119 Å². The van der Waals surface area contributed by atoms with Crippen molar-refractivity contribution in [3.8, 4) is 0 Å². The number of rotatable bonds is 2. The van der Waals surface area contributed by atoms with Crippen LogP contribution in [-0.4, -0.2) is 14.2 Å². The summed E-state index contributed by atoms with van der Waals surface area (Å²) in [6.45, 7) is 0. The minimum absolute atomic E-state index is 0.104. The van der Waals surface area contributed by atoms with E-state index in [0.29, 0.717) is 11.3 Å². The molecule has 1 N–H and O–H groups in total. The maximum absolute atomic E-state index is 11.9. The first-order chi connectivity index (χ1) is 9.49. The Morgan fingerprint density at radius 1 is 1.15 bits per heavy atom. The van der Waals surface area contributed by atoms with E-state index >= 15 is 0 Å². The van der Waals surface area contributed by atoms with Crippen LogP contribution < -0.4 is 5.69 Å². The predicted octanol–water partition coefficient (Wildman–Crippen LogP) is 2.21. The van der Waals surface area contributed by atoms with E-state index in [4.69, 9.17) is 16.0 Å². The van der Waals surface area contributed by atoms with Gasteiger partial charge in [0.2, 0.25) is 0 Å². The van der Waals surface area contributed by atoms with Crippen molar-refractivity contribution in [3.63, 3.8) is 0 Å². The molecule has 3 rings (SSSR count). The third kappa shape index (κ3) is 1.87. The molecule has 20 heavy (non-hydrogen) atoms. The van der Waals surface area contributed by atoms with Crippen LogP contribution in [0.5, 0.6) is 0 Å². The average molecular weight is 293 g/mol. The van der Waals surface area contributed by atoms with Crippen LogP contribution in [0.3, 0.4) is 0 Å². The lowest BCUT2D eigenvalue weighted by atomic mass is 10.1. The molecular weight excluding hydrogens is 280 g/mol. The van der Waals surface area contributed by atoms with Crippen LogP contribution >= 0.6 is 11.6 Å². The lowest BCUT2D eigenvalue weighted by Crippen LogP contribution is -2.19. The van der Waals surface area contributed by atoms with Crippen molar-refractivity contribution in [2.75, 3.05) is 0 Å². The zero-order valence-electron chi connectivity index (χ0n) is 11.0. The highest BCUT2D eigenvalue weighted by atomic mass is 35.5. The fourth-order valence-electron chi connectivity index (χ4n) is 2.33. The smallest absolute Gasteiger partial charge is 0.328 e. The van der Waals surface area contributed by atoms with Crippen molar-refractivity contribution in [1.82, 2.24) is 9.13 Å². The van der Waals surface area contributed by atoms with Gasteiger partial charge in [-0.1, -0.05) is 6.07 Å². The van der Waals surface area contributed by atoms with Gasteiger partial charge in [0, 0.05) is 14.1 Å². The van der Waals surface area contributed by atoms with Gasteiger partial charge < -0.3 is 9.52 Å². The van der Waals surface area contributed by atoms with Crippen LogP contribution in [0.4, 0.5) is 0 Å². The van der Waals surface area contributed by atoms with Gasteiger partial charge in [0.1, 0.15) is 11.9 Å². The molecule has 0 spiro atoms. The van der Waals surface area contributed by atoms with Crippen LogP contribution in [0.1, 0.15) is 17.4 Å². The first-order valence-corrected chi connectivity index (χ1v) is 6.45. The normalized spacial score (nSPS) is 13.0. The molecule has 2 aromatic heterocycles. The Morgan fingerprint density at radius 3 is 2.50 bits per heavy atom. The Balaban J connectivity index is 2.14. The van der Waals surface area contributed by atoms with E-state index < -0.39 is 6.10 Å². The van der Waals surface area contributed by atoms with Crippen molar-refractivity contribution in [2.24, 2.45) is 14.1 Å². The molecule has 0 aliphatic heterocycles. The van der Waals surface area contributed by atoms with E-state index in [-0.39, 0.29) is 10.9 Å². The quantitative estimate of drug-likeness (QED) is 0.788. The molecule has 0 radical (unpaired) electrons. The lowest BCUT2D eigenvalue weighted by Gasteiger charge is -2.08. The molecule has 0 bridgehead atoms. The molecule has 2 heterocycles. The van der Waals surface area contributed by atoms with Gasteiger partial charge in [-0.25, -0.2) is 4.79 Å². The Morgan fingerprint density at radius 2 is 1.85 bits per heavy atom. The van der Waals surface area contributed by atoms with E-state index in [2.05, 4.69) is 0 Å². The van der Waals surface area contributed by atoms with Crippen molar-refractivity contribution in [3.05, 3.63) is 57.4 Å². The monoisotopic (exact) mass is 292 g/mol. The minimum atomic E-state index is -0.915. The summed E-state index contributed by atoms with van der Waals surface area (Å²) in [6.07, 6.45) is -0.915. The second-order valence-corrected chi connectivity index (χ2v) is 5.07. The molecule has 0 fully saturated rings. The van der Waals surface area contributed by atoms with Crippen LogP contribution in [0.25, 0.3) is 11.0 Å². The number of aryl methyl sites for hydroxylation is 2. The Bertz CT molecular complexity index is 844. The number of halogens is 1. The van der Waals surface area contributed by atoms with Gasteiger partial charge in [-0.05, 0) is 41.4 Å². The number of aromatic nitrogens is 2. The first-order valence-electron chi connectivity index (χ1n) is 6.07. The zero-order valence-corrected chi connectivity index (χ0v) is 11.8. The van der Waals surface area contributed by atoms with Crippen molar-refractivity contribution < 1.29 is 9.52 Å². The SMILES string of the molecule is Cn1c(=O)n(C)c2cc(C(O)c3ccc(Cl)o3)ccc21. The fraction of sp³-hybridized carbons (Fsp3) is 0.214. The molecule has 6 heteroatoms. The topological polar surface area (TPSA) is 60.3 Å². The minimum Gasteiger partial charge on any atom is -0.447 e. The number of aliphatic hydroxyl groups excluding tert-OH is 1. The van der Waals surface area contributed by atoms with Crippen LogP contribution in [-0.2, 0) is 14.1 Å². The van der Waals surface area contributed by atoms with Crippen molar-refractivity contribution in [2.45, 2.75) is 6.10 Å². The van der Waals surface area contributed by atoms with Gasteiger partial charge in [0.05, 0.1) is 11.0 Å². The third-order valence-electron chi connectivity index (χ3n) is 3.48. The molecular formula is C14H13ClN2O3. The summed E-state index contributed by atoms with van der Waals surface area (Å²) in [4.78, 5) is 11.9. The number of imidazole rings is 1. The predicted molar refractivity (Wildman–Crippen MR) is 75.9 cm³/mol. The maximum atomic E-state index is 11.9. The van der Waals surface area contributed by atoms with E-state index in [1.54, 1.807) is 53.6 Å². The van der Waals surface area contributed by atoms with Gasteiger partial charge in [-0.15, -0.1) is 0 Å². The third-order valence-corrected chi connectivity index (χ3v) is 3.68. The van der Waals surface area contributed by atoms with Crippen molar-refractivity contribution >= 4 is 22.6 Å². The van der Waals surface area contributed by atoms with Crippen LogP contribution in [0.15, 0.2) is 39.5 Å². The number of hydrogen-bond donors (Lipinski definition) is 1. The lowest BCUT2D eigenvalue weighted by molar-refractivity contribution is 0.189. The molecule has 1 atom stereocenters. The highest BCUT2D eigenvalue weighted by Gasteiger charge is 2.17. The molecule has 1 aromatic carbocycles. The highest BCUT2D eigenvalue weighted by molar-refractivity contribution is 6.28. The summed E-state index contributed by atoms with van der Waals surface area (Å²) in [5.74, 6) is 0.371. The number of furan rings is 1. The van der Waals surface area contributed by atoms with Gasteiger partial charge in [-0.3, -0.25) is 9.13 Å². The number of aliphatic hydroxyl groups is 1. The molecule has 5 nitrogen and oxygen atoms in total. The number of hydrogen-bond acceptors (Lipinski definition) is 3. The molecule has 0 aliphatic rings. The second kappa shape index (κ2) is 4.54. The van der Waals surface area contributed by atoms with Gasteiger partial charge >= 0.3 is 5.69 Å². The van der Waals surface area contributed by atoms with Gasteiger partial charge in [0.15, 0.2) is 5.22 Å². The highest BCUT2D eigenvalue weighted by Crippen LogP contribution is 2.27. The molecule has 104 valence electrons. The maximum Gasteiger partial charge on any atom is 0.328 e. The van der Waals surface area contributed by atoms with Crippen LogP contribution in [0.2, 0.25) is 5.22 Å². The summed E-state index contributed by atoms with van der Waals surface area (Å²) in [5.41, 5.74) is 2.11. The van der Waals surface area contributed by atoms with Gasteiger partial charge in [-0.2, -0.15) is 0 Å². The Hall–Kier alpha value is -1.98. The number of fused-ring (bicyclic) bond motifs is 1. The largest absolute Gasteiger partial charge is 0.447 e. The van der Waals surface area contributed by atoms with E-state index in [9.17, 15) is 9.90 Å². The number of nitrogens with zero attached hydrogens (tertiary/aromatic N) is 2. The van der Waals surface area contributed by atoms with Crippen LogP contribution in [0, 0.1) is 0 Å². The summed E-state index contributed by atoms with van der Waals surface area (Å²) in [5, 5.41) is 10.5.